The maximum absolute atomic E-state index is 6.44. The van der Waals surface area contributed by atoms with Gasteiger partial charge >= 0.3 is 0 Å². The lowest BCUT2D eigenvalue weighted by atomic mass is 9.95. The van der Waals surface area contributed by atoms with Crippen molar-refractivity contribution in [3.63, 3.8) is 0 Å². The predicted octanol–water partition coefficient (Wildman–Crippen LogP) is 0.695. The molecule has 3 aliphatic heterocycles. The van der Waals surface area contributed by atoms with E-state index in [0.717, 1.165) is 25.4 Å². The standard InChI is InChI=1S/C14H21N3O/c1-18-12-4-2-11(3-5-12)14(15)13-10-16-6-8-17(13)9-7-16/h2-5,13-14H,6-10,15H2,1H3. The van der Waals surface area contributed by atoms with Crippen molar-refractivity contribution in [1.29, 1.82) is 0 Å². The van der Waals surface area contributed by atoms with Crippen molar-refractivity contribution in [2.24, 2.45) is 5.73 Å². The molecule has 2 atom stereocenters. The van der Waals surface area contributed by atoms with Crippen molar-refractivity contribution in [1.82, 2.24) is 9.80 Å². The van der Waals surface area contributed by atoms with Crippen LogP contribution in [0, 0.1) is 0 Å². The monoisotopic (exact) mass is 247 g/mol. The molecule has 0 radical (unpaired) electrons. The van der Waals surface area contributed by atoms with Crippen LogP contribution in [0.1, 0.15) is 11.6 Å². The van der Waals surface area contributed by atoms with Gasteiger partial charge in [0.25, 0.3) is 0 Å². The first-order valence-electron chi connectivity index (χ1n) is 6.64. The molecule has 4 rings (SSSR count). The van der Waals surface area contributed by atoms with Gasteiger partial charge in [-0.15, -0.1) is 0 Å². The summed E-state index contributed by atoms with van der Waals surface area (Å²) in [5, 5.41) is 0. The average molecular weight is 247 g/mol. The molecular weight excluding hydrogens is 226 g/mol. The summed E-state index contributed by atoms with van der Waals surface area (Å²) in [6, 6.07) is 8.71. The lowest BCUT2D eigenvalue weighted by Crippen LogP contribution is -2.63. The minimum atomic E-state index is 0.0963. The largest absolute Gasteiger partial charge is 0.497 e. The van der Waals surface area contributed by atoms with Crippen LogP contribution < -0.4 is 10.5 Å². The van der Waals surface area contributed by atoms with Crippen LogP contribution in [0.25, 0.3) is 0 Å². The summed E-state index contributed by atoms with van der Waals surface area (Å²) in [6.45, 7) is 5.83. The van der Waals surface area contributed by atoms with Crippen molar-refractivity contribution >= 4 is 0 Å². The molecule has 0 spiro atoms. The summed E-state index contributed by atoms with van der Waals surface area (Å²) in [6.07, 6.45) is 0. The highest BCUT2D eigenvalue weighted by Gasteiger charge is 2.35. The Morgan fingerprint density at radius 3 is 2.33 bits per heavy atom. The summed E-state index contributed by atoms with van der Waals surface area (Å²) in [7, 11) is 1.69. The Balaban J connectivity index is 1.75. The fourth-order valence-electron chi connectivity index (χ4n) is 3.05. The Hall–Kier alpha value is -1.10. The predicted molar refractivity (Wildman–Crippen MR) is 71.7 cm³/mol. The molecule has 2 N–H and O–H groups in total. The Morgan fingerprint density at radius 2 is 1.83 bits per heavy atom. The number of fused-ring (bicyclic) bond motifs is 3. The Kier molecular flexibility index (Phi) is 3.24. The normalized spacial score (nSPS) is 32.2. The molecule has 2 bridgehead atoms. The first-order valence-corrected chi connectivity index (χ1v) is 6.64. The molecule has 3 saturated heterocycles. The van der Waals surface area contributed by atoms with Crippen molar-refractivity contribution in [3.05, 3.63) is 29.8 Å². The zero-order valence-corrected chi connectivity index (χ0v) is 10.9. The SMILES string of the molecule is COc1ccc(C(N)C2CN3CCN2CC3)cc1. The second-order valence-electron chi connectivity index (χ2n) is 5.20. The van der Waals surface area contributed by atoms with Crippen molar-refractivity contribution in [2.45, 2.75) is 12.1 Å². The highest BCUT2D eigenvalue weighted by atomic mass is 16.5. The van der Waals surface area contributed by atoms with Gasteiger partial charge in [-0.05, 0) is 17.7 Å². The number of ether oxygens (including phenoxy) is 1. The number of nitrogens with two attached hydrogens (primary N) is 1. The van der Waals surface area contributed by atoms with E-state index in [-0.39, 0.29) is 6.04 Å². The quantitative estimate of drug-likeness (QED) is 0.853. The number of methoxy groups -OCH3 is 1. The molecule has 0 saturated carbocycles. The minimum Gasteiger partial charge on any atom is -0.497 e. The highest BCUT2D eigenvalue weighted by Crippen LogP contribution is 2.26. The molecule has 1 aromatic carbocycles. The van der Waals surface area contributed by atoms with Crippen LogP contribution in [-0.4, -0.2) is 55.7 Å². The van der Waals surface area contributed by atoms with Crippen LogP contribution in [0.5, 0.6) is 5.75 Å². The zero-order chi connectivity index (χ0) is 12.5. The second-order valence-corrected chi connectivity index (χ2v) is 5.20. The van der Waals surface area contributed by atoms with Crippen molar-refractivity contribution < 1.29 is 4.74 Å². The lowest BCUT2D eigenvalue weighted by Gasteiger charge is -2.49. The number of hydrogen-bond acceptors (Lipinski definition) is 4. The van der Waals surface area contributed by atoms with E-state index in [2.05, 4.69) is 21.9 Å². The van der Waals surface area contributed by atoms with Gasteiger partial charge in [0.2, 0.25) is 0 Å². The first-order chi connectivity index (χ1) is 8.78. The van der Waals surface area contributed by atoms with Gasteiger partial charge in [-0.25, -0.2) is 0 Å². The van der Waals surface area contributed by atoms with Gasteiger partial charge in [-0.1, -0.05) is 12.1 Å². The fraction of sp³-hybridized carbons (Fsp3) is 0.571. The average Bonchev–Trinajstić information content (AvgIpc) is 2.48. The zero-order valence-electron chi connectivity index (χ0n) is 10.9. The van der Waals surface area contributed by atoms with Gasteiger partial charge in [0.05, 0.1) is 7.11 Å². The third kappa shape index (κ3) is 2.11. The van der Waals surface area contributed by atoms with E-state index >= 15 is 0 Å². The van der Waals surface area contributed by atoms with E-state index < -0.39 is 0 Å². The second kappa shape index (κ2) is 4.88. The van der Waals surface area contributed by atoms with Crippen LogP contribution in [0.2, 0.25) is 0 Å². The molecule has 3 heterocycles. The number of rotatable bonds is 3. The molecule has 3 fully saturated rings. The van der Waals surface area contributed by atoms with Crippen LogP contribution >= 0.6 is 0 Å². The third-order valence-corrected chi connectivity index (χ3v) is 4.24. The first kappa shape index (κ1) is 12.0. The summed E-state index contributed by atoms with van der Waals surface area (Å²) in [5.74, 6) is 0.889. The molecule has 4 heteroatoms. The van der Waals surface area contributed by atoms with Gasteiger partial charge in [0.1, 0.15) is 5.75 Å². The van der Waals surface area contributed by atoms with E-state index in [1.165, 1.54) is 18.7 Å². The van der Waals surface area contributed by atoms with Crippen molar-refractivity contribution in [2.75, 3.05) is 39.8 Å². The van der Waals surface area contributed by atoms with Crippen LogP contribution in [0.4, 0.5) is 0 Å². The lowest BCUT2D eigenvalue weighted by molar-refractivity contribution is 0.00214. The van der Waals surface area contributed by atoms with Gasteiger partial charge in [0, 0.05) is 44.8 Å². The van der Waals surface area contributed by atoms with E-state index in [1.807, 2.05) is 12.1 Å². The Morgan fingerprint density at radius 1 is 1.17 bits per heavy atom. The van der Waals surface area contributed by atoms with Crippen LogP contribution in [0.3, 0.4) is 0 Å². The van der Waals surface area contributed by atoms with Gasteiger partial charge in [0.15, 0.2) is 0 Å². The maximum atomic E-state index is 6.44. The molecule has 18 heavy (non-hydrogen) atoms. The topological polar surface area (TPSA) is 41.7 Å². The fourth-order valence-corrected chi connectivity index (χ4v) is 3.05. The molecule has 98 valence electrons. The number of piperazine rings is 3. The molecule has 3 aliphatic rings. The molecule has 2 unspecified atom stereocenters. The van der Waals surface area contributed by atoms with E-state index in [4.69, 9.17) is 10.5 Å². The smallest absolute Gasteiger partial charge is 0.118 e. The van der Waals surface area contributed by atoms with E-state index in [9.17, 15) is 0 Å². The highest BCUT2D eigenvalue weighted by molar-refractivity contribution is 5.30. The number of nitrogens with zero attached hydrogens (tertiary/aromatic N) is 2. The van der Waals surface area contributed by atoms with Gasteiger partial charge in [-0.3, -0.25) is 9.80 Å². The third-order valence-electron chi connectivity index (χ3n) is 4.24. The maximum Gasteiger partial charge on any atom is 0.118 e. The minimum absolute atomic E-state index is 0.0963. The summed E-state index contributed by atoms with van der Waals surface area (Å²) in [4.78, 5) is 5.06. The molecular formula is C14H21N3O. The Labute approximate surface area is 108 Å². The molecule has 4 nitrogen and oxygen atoms in total. The Bertz CT molecular complexity index is 398. The molecule has 0 aromatic heterocycles. The van der Waals surface area contributed by atoms with Crippen molar-refractivity contribution in [3.8, 4) is 5.75 Å². The van der Waals surface area contributed by atoms with Crippen LogP contribution in [-0.2, 0) is 0 Å². The van der Waals surface area contributed by atoms with Crippen LogP contribution in [0.15, 0.2) is 24.3 Å². The molecule has 0 amide bonds. The summed E-state index contributed by atoms with van der Waals surface area (Å²) in [5.41, 5.74) is 7.64. The van der Waals surface area contributed by atoms with Gasteiger partial charge < -0.3 is 10.5 Å². The number of hydrogen-bond donors (Lipinski definition) is 1. The molecule has 0 aliphatic carbocycles. The summed E-state index contributed by atoms with van der Waals surface area (Å²) >= 11 is 0. The van der Waals surface area contributed by atoms with E-state index in [0.29, 0.717) is 6.04 Å². The van der Waals surface area contributed by atoms with Gasteiger partial charge in [-0.2, -0.15) is 0 Å². The van der Waals surface area contributed by atoms with E-state index in [1.54, 1.807) is 7.11 Å². The summed E-state index contributed by atoms with van der Waals surface area (Å²) < 4.78 is 5.18. The molecule has 1 aromatic rings. The number of benzene rings is 1.